The number of anilines is 1. The van der Waals surface area contributed by atoms with Gasteiger partial charge in [-0.05, 0) is 45.0 Å². The van der Waals surface area contributed by atoms with Gasteiger partial charge in [0.25, 0.3) is 11.8 Å². The number of benzene rings is 2. The van der Waals surface area contributed by atoms with Crippen molar-refractivity contribution in [1.82, 2.24) is 10.2 Å². The molecule has 2 aliphatic heterocycles. The first-order chi connectivity index (χ1) is 13.4. The van der Waals surface area contributed by atoms with Crippen LogP contribution in [0.4, 0.5) is 5.69 Å². The molecule has 2 aromatic rings. The van der Waals surface area contributed by atoms with Crippen molar-refractivity contribution in [2.75, 3.05) is 24.5 Å². The summed E-state index contributed by atoms with van der Waals surface area (Å²) in [4.78, 5) is 29.9. The van der Waals surface area contributed by atoms with Crippen molar-refractivity contribution < 1.29 is 9.59 Å². The summed E-state index contributed by atoms with van der Waals surface area (Å²) < 4.78 is 0. The molecule has 2 heterocycles. The number of carbonyl (C=O) groups is 2. The molecule has 28 heavy (non-hydrogen) atoms. The first-order valence-corrected chi connectivity index (χ1v) is 10.0. The molecule has 2 aliphatic rings. The summed E-state index contributed by atoms with van der Waals surface area (Å²) in [5, 5.41) is 3.27. The first-order valence-electron chi connectivity index (χ1n) is 10.0. The second kappa shape index (κ2) is 6.97. The van der Waals surface area contributed by atoms with Crippen LogP contribution in [0, 0.1) is 13.8 Å². The molecule has 0 atom stereocenters. The monoisotopic (exact) mass is 377 g/mol. The van der Waals surface area contributed by atoms with E-state index in [4.69, 9.17) is 0 Å². The maximum absolute atomic E-state index is 12.9. The Hall–Kier alpha value is -2.82. The third-order valence-corrected chi connectivity index (χ3v) is 6.01. The Morgan fingerprint density at radius 3 is 2.46 bits per heavy atom. The molecule has 2 aromatic carbocycles. The lowest BCUT2D eigenvalue weighted by molar-refractivity contribution is 0.0603. The predicted molar refractivity (Wildman–Crippen MR) is 111 cm³/mol. The molecule has 0 aromatic heterocycles. The molecule has 0 unspecified atom stereocenters. The van der Waals surface area contributed by atoms with E-state index in [1.807, 2.05) is 49.1 Å². The topological polar surface area (TPSA) is 52.7 Å². The Labute approximate surface area is 166 Å². The minimum atomic E-state index is -0.419. The number of aryl methyl sites for hydroxylation is 2. The molecule has 5 heteroatoms. The lowest BCUT2D eigenvalue weighted by Crippen LogP contribution is -2.68. The molecule has 5 nitrogen and oxygen atoms in total. The molecule has 0 bridgehead atoms. The second-order valence-corrected chi connectivity index (χ2v) is 7.91. The van der Waals surface area contributed by atoms with Gasteiger partial charge >= 0.3 is 0 Å². The number of likely N-dealkylation sites (tertiary alicyclic amines) is 1. The number of fused-ring (bicyclic) bond motifs is 1. The minimum absolute atomic E-state index is 0.0122. The number of hydrogen-bond donors (Lipinski definition) is 1. The number of rotatable bonds is 2. The van der Waals surface area contributed by atoms with Gasteiger partial charge in [0.05, 0.1) is 11.3 Å². The maximum atomic E-state index is 12.9. The molecular weight excluding hydrogens is 350 g/mol. The average Bonchev–Trinajstić information content (AvgIpc) is 2.69. The van der Waals surface area contributed by atoms with Crippen molar-refractivity contribution in [1.29, 1.82) is 0 Å². The van der Waals surface area contributed by atoms with E-state index in [1.54, 1.807) is 0 Å². The van der Waals surface area contributed by atoms with Gasteiger partial charge < -0.3 is 15.1 Å². The molecule has 1 fully saturated rings. The maximum Gasteiger partial charge on any atom is 0.255 e. The summed E-state index contributed by atoms with van der Waals surface area (Å²) in [6, 6.07) is 13.8. The third kappa shape index (κ3) is 3.05. The van der Waals surface area contributed by atoms with Crippen molar-refractivity contribution in [3.8, 4) is 0 Å². The van der Waals surface area contributed by atoms with Gasteiger partial charge in [0.2, 0.25) is 0 Å². The van der Waals surface area contributed by atoms with Gasteiger partial charge in [0, 0.05) is 38.0 Å². The van der Waals surface area contributed by atoms with E-state index in [0.717, 1.165) is 47.3 Å². The first kappa shape index (κ1) is 18.5. The van der Waals surface area contributed by atoms with E-state index >= 15 is 0 Å². The van der Waals surface area contributed by atoms with E-state index in [2.05, 4.69) is 29.3 Å². The van der Waals surface area contributed by atoms with Crippen molar-refractivity contribution in [3.05, 3.63) is 64.7 Å². The molecule has 0 saturated carbocycles. The van der Waals surface area contributed by atoms with Crippen LogP contribution in [-0.2, 0) is 0 Å². The van der Waals surface area contributed by atoms with Gasteiger partial charge in [-0.1, -0.05) is 29.3 Å². The Morgan fingerprint density at radius 1 is 1.07 bits per heavy atom. The van der Waals surface area contributed by atoms with Crippen molar-refractivity contribution in [2.24, 2.45) is 0 Å². The van der Waals surface area contributed by atoms with E-state index < -0.39 is 5.66 Å². The zero-order valence-electron chi connectivity index (χ0n) is 16.8. The zero-order valence-corrected chi connectivity index (χ0v) is 16.8. The lowest BCUT2D eigenvalue weighted by Gasteiger charge is -2.52. The molecule has 0 aliphatic carbocycles. The normalized spacial score (nSPS) is 18.0. The van der Waals surface area contributed by atoms with Crippen molar-refractivity contribution in [2.45, 2.75) is 39.3 Å². The number of hydrogen-bond acceptors (Lipinski definition) is 3. The number of amides is 2. The van der Waals surface area contributed by atoms with Crippen LogP contribution in [0.5, 0.6) is 0 Å². The highest BCUT2D eigenvalue weighted by Crippen LogP contribution is 2.37. The molecule has 146 valence electrons. The summed E-state index contributed by atoms with van der Waals surface area (Å²) in [7, 11) is 0. The van der Waals surface area contributed by atoms with E-state index in [1.165, 1.54) is 0 Å². The van der Waals surface area contributed by atoms with Crippen LogP contribution >= 0.6 is 0 Å². The van der Waals surface area contributed by atoms with Crippen molar-refractivity contribution in [3.63, 3.8) is 0 Å². The Bertz CT molecular complexity index is 929. The SMILES string of the molecule is CCN1c2ccc(C)cc2C(=O)NC12CCN(C(=O)c1cccc(C)c1)CC2. The summed E-state index contributed by atoms with van der Waals surface area (Å²) >= 11 is 0. The van der Waals surface area contributed by atoms with Crippen molar-refractivity contribution >= 4 is 17.5 Å². The highest BCUT2D eigenvalue weighted by molar-refractivity contribution is 6.03. The molecule has 0 radical (unpaired) electrons. The smallest absolute Gasteiger partial charge is 0.255 e. The van der Waals surface area contributed by atoms with E-state index in [-0.39, 0.29) is 11.8 Å². The minimum Gasteiger partial charge on any atom is -0.348 e. The highest BCUT2D eigenvalue weighted by atomic mass is 16.2. The Kier molecular flexibility index (Phi) is 4.61. The van der Waals surface area contributed by atoms with Crippen LogP contribution in [0.15, 0.2) is 42.5 Å². The average molecular weight is 377 g/mol. The Morgan fingerprint density at radius 2 is 1.79 bits per heavy atom. The molecule has 1 N–H and O–H groups in total. The molecule has 1 spiro atoms. The summed E-state index contributed by atoms with van der Waals surface area (Å²) in [6.07, 6.45) is 1.44. The predicted octanol–water partition coefficient (Wildman–Crippen LogP) is 3.51. The third-order valence-electron chi connectivity index (χ3n) is 6.01. The van der Waals surface area contributed by atoms with E-state index in [9.17, 15) is 9.59 Å². The summed E-state index contributed by atoms with van der Waals surface area (Å²) in [5.74, 6) is 0.0571. The fourth-order valence-corrected chi connectivity index (χ4v) is 4.55. The second-order valence-electron chi connectivity index (χ2n) is 7.91. The fraction of sp³-hybridized carbons (Fsp3) is 0.391. The number of nitrogens with one attached hydrogen (secondary N) is 1. The van der Waals surface area contributed by atoms with Gasteiger partial charge in [-0.25, -0.2) is 0 Å². The zero-order chi connectivity index (χ0) is 19.9. The summed E-state index contributed by atoms with van der Waals surface area (Å²) in [6.45, 7) is 8.19. The van der Waals surface area contributed by atoms with Crippen LogP contribution in [0.3, 0.4) is 0 Å². The molecular formula is C23H27N3O2. The van der Waals surface area contributed by atoms with Crippen LogP contribution in [-0.4, -0.2) is 42.0 Å². The summed E-state index contributed by atoms with van der Waals surface area (Å²) in [5.41, 5.74) is 4.22. The van der Waals surface area contributed by atoms with Crippen LogP contribution in [0.2, 0.25) is 0 Å². The highest BCUT2D eigenvalue weighted by Gasteiger charge is 2.45. The number of nitrogens with zero attached hydrogens (tertiary/aromatic N) is 2. The number of carbonyl (C=O) groups excluding carboxylic acids is 2. The van der Waals surface area contributed by atoms with Crippen LogP contribution < -0.4 is 10.2 Å². The van der Waals surface area contributed by atoms with Crippen LogP contribution in [0.1, 0.15) is 51.6 Å². The van der Waals surface area contributed by atoms with Gasteiger partial charge in [-0.2, -0.15) is 0 Å². The molecule has 2 amide bonds. The van der Waals surface area contributed by atoms with E-state index in [0.29, 0.717) is 13.1 Å². The lowest BCUT2D eigenvalue weighted by atomic mass is 9.89. The quantitative estimate of drug-likeness (QED) is 0.871. The van der Waals surface area contributed by atoms with Gasteiger partial charge in [0.1, 0.15) is 5.66 Å². The fourth-order valence-electron chi connectivity index (χ4n) is 4.55. The molecule has 1 saturated heterocycles. The Balaban J connectivity index is 1.57. The van der Waals surface area contributed by atoms with Gasteiger partial charge in [-0.3, -0.25) is 9.59 Å². The standard InChI is InChI=1S/C23H27N3O2/c1-4-26-20-9-8-17(3)15-19(20)21(27)24-23(26)10-12-25(13-11-23)22(28)18-7-5-6-16(2)14-18/h5-9,14-15H,4,10-13H2,1-3H3,(H,24,27). The van der Waals surface area contributed by atoms with Gasteiger partial charge in [-0.15, -0.1) is 0 Å². The molecule has 4 rings (SSSR count). The largest absolute Gasteiger partial charge is 0.348 e. The number of piperidine rings is 1. The van der Waals surface area contributed by atoms with Gasteiger partial charge in [0.15, 0.2) is 0 Å². The van der Waals surface area contributed by atoms with Crippen LogP contribution in [0.25, 0.3) is 0 Å².